The van der Waals surface area contributed by atoms with E-state index in [9.17, 15) is 13.2 Å². The van der Waals surface area contributed by atoms with Crippen molar-refractivity contribution in [3.05, 3.63) is 71.4 Å². The van der Waals surface area contributed by atoms with Gasteiger partial charge in [-0.3, -0.25) is 4.79 Å². The van der Waals surface area contributed by atoms with E-state index in [1.165, 1.54) is 12.1 Å². The number of hydrogen-bond donors (Lipinski definition) is 2. The molecular weight excluding hydrogens is 390 g/mol. The van der Waals surface area contributed by atoms with Gasteiger partial charge in [0.1, 0.15) is 0 Å². The molecule has 8 heteroatoms. The van der Waals surface area contributed by atoms with Gasteiger partial charge in [0.25, 0.3) is 10.0 Å². The predicted octanol–water partition coefficient (Wildman–Crippen LogP) is 3.83. The molecule has 1 amide bonds. The van der Waals surface area contributed by atoms with Crippen LogP contribution in [-0.4, -0.2) is 19.5 Å². The van der Waals surface area contributed by atoms with Gasteiger partial charge < -0.3 is 9.84 Å². The van der Waals surface area contributed by atoms with Gasteiger partial charge in [0.15, 0.2) is 0 Å². The molecule has 1 fully saturated rings. The molecule has 1 heterocycles. The lowest BCUT2D eigenvalue weighted by atomic mass is 10.1. The van der Waals surface area contributed by atoms with E-state index in [-0.39, 0.29) is 28.5 Å². The molecule has 1 saturated carbocycles. The zero-order valence-electron chi connectivity index (χ0n) is 16.0. The summed E-state index contributed by atoms with van der Waals surface area (Å²) in [5.41, 5.74) is 2.97. The minimum absolute atomic E-state index is 0.0552. The van der Waals surface area contributed by atoms with E-state index in [0.717, 1.165) is 12.0 Å². The molecule has 0 spiro atoms. The molecule has 0 unspecified atom stereocenters. The first-order valence-electron chi connectivity index (χ1n) is 9.27. The summed E-state index contributed by atoms with van der Waals surface area (Å²) in [6.45, 7) is 3.46. The van der Waals surface area contributed by atoms with Crippen molar-refractivity contribution in [3.63, 3.8) is 0 Å². The molecule has 7 nitrogen and oxygen atoms in total. The lowest BCUT2D eigenvalue weighted by molar-refractivity contribution is -0.117. The van der Waals surface area contributed by atoms with Crippen LogP contribution in [0.25, 0.3) is 0 Å². The number of nitrogens with zero attached hydrogens (tertiary/aromatic N) is 1. The molecule has 0 saturated heterocycles. The lowest BCUT2D eigenvalue weighted by Crippen LogP contribution is -2.15. The van der Waals surface area contributed by atoms with Crippen LogP contribution >= 0.6 is 0 Å². The van der Waals surface area contributed by atoms with Gasteiger partial charge in [-0.1, -0.05) is 35.5 Å². The fourth-order valence-electron chi connectivity index (χ4n) is 3.20. The zero-order chi connectivity index (χ0) is 20.6. The minimum Gasteiger partial charge on any atom is -0.337 e. The Morgan fingerprint density at radius 1 is 1.07 bits per heavy atom. The zero-order valence-corrected chi connectivity index (χ0v) is 16.9. The molecule has 1 aliphatic rings. The van der Waals surface area contributed by atoms with Crippen LogP contribution in [0.4, 0.5) is 11.6 Å². The van der Waals surface area contributed by atoms with Crippen molar-refractivity contribution in [1.29, 1.82) is 0 Å². The van der Waals surface area contributed by atoms with E-state index in [0.29, 0.717) is 16.9 Å². The van der Waals surface area contributed by atoms with Crippen LogP contribution in [0.15, 0.2) is 64.0 Å². The van der Waals surface area contributed by atoms with Crippen LogP contribution in [0.2, 0.25) is 0 Å². The second kappa shape index (κ2) is 7.36. The molecule has 0 radical (unpaired) electrons. The average molecular weight is 411 g/mol. The topological polar surface area (TPSA) is 101 Å². The number of anilines is 2. The molecular formula is C21H21N3O4S. The number of rotatable bonds is 6. The number of benzene rings is 2. The normalized spacial score (nSPS) is 18.3. The second-order valence-electron chi connectivity index (χ2n) is 7.20. The highest BCUT2D eigenvalue weighted by Crippen LogP contribution is 2.47. The maximum atomic E-state index is 12.5. The second-order valence-corrected chi connectivity index (χ2v) is 8.88. The summed E-state index contributed by atoms with van der Waals surface area (Å²) in [5.74, 6) is 0.231. The van der Waals surface area contributed by atoms with E-state index in [1.54, 1.807) is 26.0 Å². The summed E-state index contributed by atoms with van der Waals surface area (Å²) >= 11 is 0. The van der Waals surface area contributed by atoms with Crippen LogP contribution in [-0.2, 0) is 14.8 Å². The van der Waals surface area contributed by atoms with Crippen molar-refractivity contribution in [2.45, 2.75) is 31.1 Å². The summed E-state index contributed by atoms with van der Waals surface area (Å²) in [6, 6.07) is 16.0. The number of carbonyl (C=O) groups is 1. The Morgan fingerprint density at radius 3 is 2.38 bits per heavy atom. The number of sulfonamides is 1. The molecule has 29 heavy (non-hydrogen) atoms. The SMILES string of the molecule is Cc1noc(NS(=O)(=O)c2ccc(NC(=O)[C@@H]3C[C@@H]3c3ccccc3)cc2)c1C. The van der Waals surface area contributed by atoms with Gasteiger partial charge in [-0.2, -0.15) is 0 Å². The maximum Gasteiger partial charge on any atom is 0.264 e. The number of hydrogen-bond acceptors (Lipinski definition) is 5. The maximum absolute atomic E-state index is 12.5. The standard InChI is InChI=1S/C21H21N3O4S/c1-13-14(2)23-28-21(13)24-29(26,27)17-10-8-16(9-11-17)22-20(25)19-12-18(19)15-6-4-3-5-7-15/h3-11,18-19,24H,12H2,1-2H3,(H,22,25)/t18-,19-/m1/s1. The van der Waals surface area contributed by atoms with Gasteiger partial charge in [0.05, 0.1) is 10.6 Å². The molecule has 150 valence electrons. The third-order valence-corrected chi connectivity index (χ3v) is 6.52. The first-order valence-corrected chi connectivity index (χ1v) is 10.7. The third kappa shape index (κ3) is 4.02. The van der Waals surface area contributed by atoms with Gasteiger partial charge in [0.2, 0.25) is 11.8 Å². The fraction of sp³-hybridized carbons (Fsp3) is 0.238. The van der Waals surface area contributed by atoms with E-state index in [2.05, 4.69) is 15.2 Å². The first kappa shape index (κ1) is 19.2. The number of amides is 1. The van der Waals surface area contributed by atoms with Crippen molar-refractivity contribution in [3.8, 4) is 0 Å². The van der Waals surface area contributed by atoms with Crippen LogP contribution in [0.5, 0.6) is 0 Å². The van der Waals surface area contributed by atoms with Gasteiger partial charge in [-0.25, -0.2) is 13.1 Å². The number of nitrogens with one attached hydrogen (secondary N) is 2. The van der Waals surface area contributed by atoms with Gasteiger partial charge in [-0.15, -0.1) is 0 Å². The first-order chi connectivity index (χ1) is 13.8. The quantitative estimate of drug-likeness (QED) is 0.642. The Hall–Kier alpha value is -3.13. The molecule has 3 aromatic rings. The van der Waals surface area contributed by atoms with E-state index in [1.807, 2.05) is 30.3 Å². The summed E-state index contributed by atoms with van der Waals surface area (Å²) < 4.78 is 32.5. The number of aryl methyl sites for hydroxylation is 1. The Morgan fingerprint density at radius 2 is 1.76 bits per heavy atom. The van der Waals surface area contributed by atoms with E-state index < -0.39 is 10.0 Å². The summed E-state index contributed by atoms with van der Waals surface area (Å²) in [5, 5.41) is 6.60. The number of carbonyl (C=O) groups excluding carboxylic acids is 1. The van der Waals surface area contributed by atoms with Gasteiger partial charge in [0, 0.05) is 17.2 Å². The highest BCUT2D eigenvalue weighted by Gasteiger charge is 2.43. The Bertz CT molecular complexity index is 1140. The molecule has 2 aromatic carbocycles. The molecule has 1 aliphatic carbocycles. The highest BCUT2D eigenvalue weighted by atomic mass is 32.2. The number of aromatic nitrogens is 1. The molecule has 2 N–H and O–H groups in total. The average Bonchev–Trinajstić information content (AvgIpc) is 3.47. The smallest absolute Gasteiger partial charge is 0.264 e. The molecule has 0 bridgehead atoms. The minimum atomic E-state index is -3.81. The van der Waals surface area contributed by atoms with Crippen molar-refractivity contribution in [2.75, 3.05) is 10.0 Å². The van der Waals surface area contributed by atoms with E-state index >= 15 is 0 Å². The Balaban J connectivity index is 1.40. The molecule has 4 rings (SSSR count). The Kier molecular flexibility index (Phi) is 4.87. The van der Waals surface area contributed by atoms with Crippen LogP contribution in [0.1, 0.15) is 29.2 Å². The summed E-state index contributed by atoms with van der Waals surface area (Å²) in [6.07, 6.45) is 0.822. The molecule has 2 atom stereocenters. The summed E-state index contributed by atoms with van der Waals surface area (Å²) in [4.78, 5) is 12.5. The molecule has 1 aromatic heterocycles. The Labute approximate surface area is 169 Å². The third-order valence-electron chi connectivity index (χ3n) is 5.17. The van der Waals surface area contributed by atoms with Crippen molar-refractivity contribution in [2.24, 2.45) is 5.92 Å². The molecule has 0 aliphatic heterocycles. The van der Waals surface area contributed by atoms with Gasteiger partial charge >= 0.3 is 0 Å². The van der Waals surface area contributed by atoms with Crippen molar-refractivity contribution in [1.82, 2.24) is 5.16 Å². The van der Waals surface area contributed by atoms with Crippen molar-refractivity contribution >= 4 is 27.5 Å². The lowest BCUT2D eigenvalue weighted by Gasteiger charge is -2.08. The van der Waals surface area contributed by atoms with Crippen LogP contribution in [0.3, 0.4) is 0 Å². The largest absolute Gasteiger partial charge is 0.337 e. The predicted molar refractivity (Wildman–Crippen MR) is 109 cm³/mol. The van der Waals surface area contributed by atoms with Gasteiger partial charge in [-0.05, 0) is 56.0 Å². The van der Waals surface area contributed by atoms with Crippen LogP contribution < -0.4 is 10.0 Å². The highest BCUT2D eigenvalue weighted by molar-refractivity contribution is 7.92. The fourth-order valence-corrected chi connectivity index (χ4v) is 4.24. The van der Waals surface area contributed by atoms with E-state index in [4.69, 9.17) is 4.52 Å². The monoisotopic (exact) mass is 411 g/mol. The van der Waals surface area contributed by atoms with Crippen molar-refractivity contribution < 1.29 is 17.7 Å². The van der Waals surface area contributed by atoms with Crippen LogP contribution in [0, 0.1) is 19.8 Å². The summed E-state index contributed by atoms with van der Waals surface area (Å²) in [7, 11) is -3.81.